The third-order valence-electron chi connectivity index (χ3n) is 4.53. The Morgan fingerprint density at radius 1 is 1.20 bits per heavy atom. The molecule has 4 nitrogen and oxygen atoms in total. The Hall–Kier alpha value is -3.18. The monoisotopic (exact) mass is 461 g/mol. The second kappa shape index (κ2) is 10.6. The average Bonchev–Trinajstić information content (AvgIpc) is 3.17. The Morgan fingerprint density at radius 2 is 2.00 bits per heavy atom. The van der Waals surface area contributed by atoms with Crippen LogP contribution in [0.4, 0.5) is 0 Å². The van der Waals surface area contributed by atoms with Gasteiger partial charge in [-0.15, -0.1) is 6.58 Å². The first-order chi connectivity index (χ1) is 14.6. The summed E-state index contributed by atoms with van der Waals surface area (Å²) in [6, 6.07) is 16.1. The number of ether oxygens (including phenoxy) is 1. The molecule has 0 aliphatic rings. The summed E-state index contributed by atoms with van der Waals surface area (Å²) in [5.74, 6) is 0.802. The van der Waals surface area contributed by atoms with Crippen molar-refractivity contribution in [2.75, 3.05) is 0 Å². The molecule has 0 fully saturated rings. The summed E-state index contributed by atoms with van der Waals surface area (Å²) in [6.07, 6.45) is 8.90. The lowest BCUT2D eigenvalue weighted by Crippen LogP contribution is -2.02. The molecule has 0 aliphatic heterocycles. The fourth-order valence-electron chi connectivity index (χ4n) is 3.04. The average molecular weight is 462 g/mol. The molecule has 0 radical (unpaired) electrons. The molecule has 0 aliphatic carbocycles. The molecule has 0 saturated heterocycles. The van der Waals surface area contributed by atoms with Crippen LogP contribution in [0.5, 0.6) is 5.75 Å². The minimum absolute atomic E-state index is 0.525. The van der Waals surface area contributed by atoms with E-state index in [0.717, 1.165) is 38.2 Å². The summed E-state index contributed by atoms with van der Waals surface area (Å²) in [5.41, 5.74) is 5.26. The van der Waals surface area contributed by atoms with Gasteiger partial charge in [0.2, 0.25) is 0 Å². The molecule has 0 spiro atoms. The number of hydrogen-bond donors (Lipinski definition) is 0. The quantitative estimate of drug-likeness (QED) is 0.262. The predicted molar refractivity (Wildman–Crippen MR) is 129 cm³/mol. The Morgan fingerprint density at radius 3 is 2.70 bits per heavy atom. The maximum Gasteiger partial charge on any atom is 0.120 e. The predicted octanol–water partition coefficient (Wildman–Crippen LogP) is 6.70. The van der Waals surface area contributed by atoms with Crippen molar-refractivity contribution in [1.29, 1.82) is 0 Å². The first kappa shape index (κ1) is 21.5. The molecule has 1 aromatic heterocycles. The zero-order chi connectivity index (χ0) is 21.3. The van der Waals surface area contributed by atoms with E-state index in [-0.39, 0.29) is 0 Å². The van der Waals surface area contributed by atoms with Gasteiger partial charge in [-0.1, -0.05) is 43.0 Å². The Kier molecular flexibility index (Phi) is 7.57. The Balaban J connectivity index is 1.93. The van der Waals surface area contributed by atoms with Crippen molar-refractivity contribution in [1.82, 2.24) is 9.78 Å². The van der Waals surface area contributed by atoms with Crippen LogP contribution in [-0.4, -0.2) is 16.0 Å². The van der Waals surface area contributed by atoms with Gasteiger partial charge in [0.1, 0.15) is 12.4 Å². The van der Waals surface area contributed by atoms with Crippen LogP contribution in [0.3, 0.4) is 0 Å². The zero-order valence-electron chi connectivity index (χ0n) is 17.0. The summed E-state index contributed by atoms with van der Waals surface area (Å²) < 4.78 is 8.84. The molecule has 1 heterocycles. The molecular weight excluding hydrogens is 438 g/mol. The van der Waals surface area contributed by atoms with Gasteiger partial charge >= 0.3 is 0 Å². The van der Waals surface area contributed by atoms with Crippen LogP contribution in [-0.2, 0) is 13.2 Å². The molecule has 0 amide bonds. The molecular formula is C25H24BrN3O. The molecule has 0 saturated carbocycles. The number of aliphatic imine (C=N–C) groups is 1. The van der Waals surface area contributed by atoms with Crippen LogP contribution in [0.1, 0.15) is 18.1 Å². The van der Waals surface area contributed by atoms with Crippen molar-refractivity contribution in [3.05, 3.63) is 102 Å². The highest BCUT2D eigenvalue weighted by Gasteiger charge is 2.17. The van der Waals surface area contributed by atoms with E-state index >= 15 is 0 Å². The maximum absolute atomic E-state index is 5.96. The highest BCUT2D eigenvalue weighted by Crippen LogP contribution is 2.36. The Labute approximate surface area is 186 Å². The topological polar surface area (TPSA) is 39.4 Å². The van der Waals surface area contributed by atoms with E-state index in [2.05, 4.69) is 45.2 Å². The van der Waals surface area contributed by atoms with E-state index in [1.54, 1.807) is 6.21 Å². The van der Waals surface area contributed by atoms with Crippen LogP contribution >= 0.6 is 15.9 Å². The number of allylic oxidation sites excluding steroid dienone is 3. The fourth-order valence-corrected chi connectivity index (χ4v) is 3.59. The zero-order valence-corrected chi connectivity index (χ0v) is 18.5. The van der Waals surface area contributed by atoms with Crippen molar-refractivity contribution in [3.8, 4) is 17.0 Å². The van der Waals surface area contributed by atoms with Gasteiger partial charge in [0.15, 0.2) is 0 Å². The molecule has 3 rings (SSSR count). The van der Waals surface area contributed by atoms with Crippen LogP contribution < -0.4 is 4.74 Å². The van der Waals surface area contributed by atoms with Gasteiger partial charge in [0.05, 0.1) is 18.4 Å². The number of benzene rings is 2. The van der Waals surface area contributed by atoms with Crippen LogP contribution in [0, 0.1) is 0 Å². The van der Waals surface area contributed by atoms with Gasteiger partial charge in [0.25, 0.3) is 0 Å². The van der Waals surface area contributed by atoms with Gasteiger partial charge in [-0.3, -0.25) is 9.67 Å². The molecule has 30 heavy (non-hydrogen) atoms. The van der Waals surface area contributed by atoms with E-state index < -0.39 is 0 Å². The van der Waals surface area contributed by atoms with E-state index in [4.69, 9.17) is 4.74 Å². The minimum atomic E-state index is 0.525. The van der Waals surface area contributed by atoms with Gasteiger partial charge in [-0.2, -0.15) is 5.10 Å². The number of hydrogen-bond acceptors (Lipinski definition) is 3. The van der Waals surface area contributed by atoms with Crippen LogP contribution in [0.2, 0.25) is 0 Å². The Bertz CT molecular complexity index is 1080. The second-order valence-corrected chi connectivity index (χ2v) is 7.48. The molecule has 152 valence electrons. The second-order valence-electron chi connectivity index (χ2n) is 6.62. The summed E-state index contributed by atoms with van der Waals surface area (Å²) in [6.45, 7) is 10.6. The van der Waals surface area contributed by atoms with Crippen molar-refractivity contribution in [2.45, 2.75) is 20.1 Å². The lowest BCUT2D eigenvalue weighted by molar-refractivity contribution is 0.306. The fraction of sp³-hybridized carbons (Fsp3) is 0.120. The normalized spacial score (nSPS) is 11.6. The number of rotatable bonds is 9. The summed E-state index contributed by atoms with van der Waals surface area (Å²) >= 11 is 3.72. The molecule has 2 aromatic carbocycles. The third-order valence-corrected chi connectivity index (χ3v) is 5.18. The number of nitrogens with zero attached hydrogens (tertiary/aromatic N) is 3. The van der Waals surface area contributed by atoms with E-state index in [0.29, 0.717) is 13.2 Å². The lowest BCUT2D eigenvalue weighted by Gasteiger charge is -2.13. The molecule has 5 heteroatoms. The van der Waals surface area contributed by atoms with Gasteiger partial charge in [-0.05, 0) is 58.3 Å². The summed E-state index contributed by atoms with van der Waals surface area (Å²) in [7, 11) is 0. The number of aromatic nitrogens is 2. The van der Waals surface area contributed by atoms with Crippen molar-refractivity contribution in [2.24, 2.45) is 4.99 Å². The molecule has 0 bridgehead atoms. The standard InChI is InChI=1S/C25H24BrN3O/c1-4-15-29-25(23(17-28-29)19(3)13-14-27-5-2)22-12-11-21(16-24(22)26)30-18-20-9-7-6-8-10-20/h4-14,16-17H,1-2,15,18H2,3H3/b19-13+,27-14?. The molecule has 3 aromatic rings. The SMILES string of the molecule is C=CCn1ncc(/C(C)=C/C=NC=C)c1-c1ccc(OCc2ccccc2)cc1Br. The van der Waals surface area contributed by atoms with Gasteiger partial charge in [-0.25, -0.2) is 0 Å². The maximum atomic E-state index is 5.96. The van der Waals surface area contributed by atoms with Gasteiger partial charge < -0.3 is 4.74 Å². The van der Waals surface area contributed by atoms with Crippen molar-refractivity contribution < 1.29 is 4.74 Å². The third kappa shape index (κ3) is 5.24. The summed E-state index contributed by atoms with van der Waals surface area (Å²) in [4.78, 5) is 4.05. The molecule has 0 atom stereocenters. The van der Waals surface area contributed by atoms with E-state index in [1.807, 2.05) is 72.4 Å². The number of halogens is 1. The smallest absolute Gasteiger partial charge is 0.120 e. The van der Waals surface area contributed by atoms with Crippen molar-refractivity contribution >= 4 is 27.7 Å². The van der Waals surface area contributed by atoms with E-state index in [9.17, 15) is 0 Å². The minimum Gasteiger partial charge on any atom is -0.489 e. The van der Waals surface area contributed by atoms with Crippen molar-refractivity contribution in [3.63, 3.8) is 0 Å². The summed E-state index contributed by atoms with van der Waals surface area (Å²) in [5, 5.41) is 4.56. The largest absolute Gasteiger partial charge is 0.489 e. The first-order valence-electron chi connectivity index (χ1n) is 9.58. The van der Waals surface area contributed by atoms with Crippen LogP contribution in [0.15, 0.2) is 95.7 Å². The highest BCUT2D eigenvalue weighted by molar-refractivity contribution is 9.10. The first-order valence-corrected chi connectivity index (χ1v) is 10.4. The highest BCUT2D eigenvalue weighted by atomic mass is 79.9. The van der Waals surface area contributed by atoms with Crippen LogP contribution in [0.25, 0.3) is 16.8 Å². The van der Waals surface area contributed by atoms with E-state index in [1.165, 1.54) is 6.20 Å². The lowest BCUT2D eigenvalue weighted by atomic mass is 10.0. The molecule has 0 unspecified atom stereocenters. The van der Waals surface area contributed by atoms with Gasteiger partial charge in [0, 0.05) is 28.0 Å². The molecule has 0 N–H and O–H groups in total.